The third-order valence-electron chi connectivity index (χ3n) is 5.10. The fourth-order valence-corrected chi connectivity index (χ4v) is 18.6. The SMILES string of the molecule is CCCCCn1c[c]([Sn]([CH2]CCC)([CH2]CCC)[CH2]CCC)nn1. The molecule has 1 aromatic rings. The molecule has 1 rings (SSSR count). The summed E-state index contributed by atoms with van der Waals surface area (Å²) in [5.41, 5.74) is 0. The Hall–Kier alpha value is -0.0613. The summed E-state index contributed by atoms with van der Waals surface area (Å²) in [6.07, 6.45) is 14.3. The summed E-state index contributed by atoms with van der Waals surface area (Å²) in [4.78, 5) is 0. The zero-order chi connectivity index (χ0) is 17.0. The second kappa shape index (κ2) is 12.3. The Morgan fingerprint density at radius 3 is 1.78 bits per heavy atom. The second-order valence-electron chi connectivity index (χ2n) is 7.16. The van der Waals surface area contributed by atoms with Gasteiger partial charge in [-0.2, -0.15) is 0 Å². The van der Waals surface area contributed by atoms with Crippen molar-refractivity contribution in [3.63, 3.8) is 0 Å². The molecule has 0 N–H and O–H groups in total. The minimum atomic E-state index is -2.34. The fraction of sp³-hybridized carbons (Fsp3) is 0.895. The monoisotopic (exact) mass is 429 g/mol. The molecular weight excluding hydrogens is 389 g/mol. The number of nitrogens with zero attached hydrogens (tertiary/aromatic N) is 3. The van der Waals surface area contributed by atoms with Crippen LogP contribution in [0.1, 0.15) is 85.5 Å². The summed E-state index contributed by atoms with van der Waals surface area (Å²) in [6, 6.07) is 0. The molecule has 0 radical (unpaired) electrons. The van der Waals surface area contributed by atoms with Crippen molar-refractivity contribution in [3.05, 3.63) is 6.20 Å². The van der Waals surface area contributed by atoms with E-state index in [1.54, 1.807) is 0 Å². The van der Waals surface area contributed by atoms with Crippen LogP contribution in [0.5, 0.6) is 0 Å². The van der Waals surface area contributed by atoms with Gasteiger partial charge in [0.15, 0.2) is 0 Å². The number of hydrogen-bond donors (Lipinski definition) is 0. The molecule has 0 amide bonds. The number of hydrogen-bond acceptors (Lipinski definition) is 2. The van der Waals surface area contributed by atoms with E-state index in [-0.39, 0.29) is 0 Å². The van der Waals surface area contributed by atoms with Gasteiger partial charge in [-0.3, -0.25) is 0 Å². The van der Waals surface area contributed by atoms with Crippen molar-refractivity contribution in [2.45, 2.75) is 105 Å². The number of unbranched alkanes of at least 4 members (excludes halogenated alkanes) is 5. The van der Waals surface area contributed by atoms with Crippen LogP contribution in [0.15, 0.2) is 6.20 Å². The van der Waals surface area contributed by atoms with Crippen LogP contribution in [0.2, 0.25) is 13.3 Å². The van der Waals surface area contributed by atoms with Crippen LogP contribution in [-0.2, 0) is 6.54 Å². The normalized spacial score (nSPS) is 12.0. The molecule has 4 heteroatoms. The van der Waals surface area contributed by atoms with Gasteiger partial charge in [-0.15, -0.1) is 0 Å². The Bertz CT molecular complexity index is 381. The van der Waals surface area contributed by atoms with E-state index in [2.05, 4.69) is 43.8 Å². The number of aryl methyl sites for hydroxylation is 1. The van der Waals surface area contributed by atoms with Gasteiger partial charge in [0.1, 0.15) is 0 Å². The van der Waals surface area contributed by atoms with Gasteiger partial charge in [0, 0.05) is 0 Å². The van der Waals surface area contributed by atoms with E-state index in [1.807, 2.05) is 0 Å². The third kappa shape index (κ3) is 7.14. The van der Waals surface area contributed by atoms with E-state index in [0.29, 0.717) is 0 Å². The van der Waals surface area contributed by atoms with Gasteiger partial charge < -0.3 is 0 Å². The van der Waals surface area contributed by atoms with Crippen molar-refractivity contribution >= 4 is 22.1 Å². The van der Waals surface area contributed by atoms with Gasteiger partial charge in [-0.05, 0) is 0 Å². The first-order valence-corrected chi connectivity index (χ1v) is 17.6. The summed E-state index contributed by atoms with van der Waals surface area (Å²) in [7, 11) is 0. The standard InChI is InChI=1S/C7H12N3.3C4H9.Sn/c1-2-3-4-6-10-7-5-8-9-10;3*1-3-4-2;/h7H,2-4,6H2,1H3;3*1,3-4H2,2H3;. The fourth-order valence-electron chi connectivity index (χ4n) is 3.48. The molecule has 0 fully saturated rings. The van der Waals surface area contributed by atoms with Crippen LogP contribution in [0.3, 0.4) is 0 Å². The molecule has 23 heavy (non-hydrogen) atoms. The summed E-state index contributed by atoms with van der Waals surface area (Å²) in [6.45, 7) is 10.3. The van der Waals surface area contributed by atoms with Crippen LogP contribution >= 0.6 is 0 Å². The topological polar surface area (TPSA) is 30.7 Å². The van der Waals surface area contributed by atoms with Gasteiger partial charge in [0.05, 0.1) is 0 Å². The van der Waals surface area contributed by atoms with Crippen molar-refractivity contribution in [3.8, 4) is 0 Å². The Balaban J connectivity index is 2.89. The predicted molar refractivity (Wildman–Crippen MR) is 104 cm³/mol. The summed E-state index contributed by atoms with van der Waals surface area (Å²) in [5.74, 6) is 0. The molecule has 0 spiro atoms. The molecule has 0 aromatic carbocycles. The molecule has 1 heterocycles. The first kappa shape index (κ1) is 21.0. The maximum atomic E-state index is 4.73. The Labute approximate surface area is 148 Å². The zero-order valence-electron chi connectivity index (χ0n) is 16.1. The van der Waals surface area contributed by atoms with Gasteiger partial charge in [0.25, 0.3) is 0 Å². The first-order chi connectivity index (χ1) is 11.2. The average Bonchev–Trinajstić information content (AvgIpc) is 3.04. The van der Waals surface area contributed by atoms with E-state index in [0.717, 1.165) is 6.54 Å². The van der Waals surface area contributed by atoms with Gasteiger partial charge in [-0.25, -0.2) is 0 Å². The molecule has 0 aliphatic carbocycles. The summed E-state index contributed by atoms with van der Waals surface area (Å²) >= 11 is -2.34. The van der Waals surface area contributed by atoms with Gasteiger partial charge in [-0.1, -0.05) is 0 Å². The second-order valence-corrected chi connectivity index (χ2v) is 20.2. The van der Waals surface area contributed by atoms with Gasteiger partial charge >= 0.3 is 149 Å². The van der Waals surface area contributed by atoms with Crippen molar-refractivity contribution in [2.75, 3.05) is 0 Å². The molecule has 0 atom stereocenters. The van der Waals surface area contributed by atoms with Crippen LogP contribution in [0.25, 0.3) is 0 Å². The van der Waals surface area contributed by atoms with Crippen molar-refractivity contribution < 1.29 is 0 Å². The minimum absolute atomic E-state index is 1.05. The molecule has 134 valence electrons. The quantitative estimate of drug-likeness (QED) is 0.289. The summed E-state index contributed by atoms with van der Waals surface area (Å²) < 4.78 is 8.07. The molecule has 0 saturated carbocycles. The molecule has 0 saturated heterocycles. The van der Waals surface area contributed by atoms with Crippen molar-refractivity contribution in [2.24, 2.45) is 0 Å². The zero-order valence-corrected chi connectivity index (χ0v) is 19.0. The molecule has 3 nitrogen and oxygen atoms in total. The van der Waals surface area contributed by atoms with Crippen LogP contribution < -0.4 is 3.71 Å². The molecule has 0 unspecified atom stereocenters. The van der Waals surface area contributed by atoms with E-state index in [1.165, 1.54) is 74.8 Å². The average molecular weight is 428 g/mol. The van der Waals surface area contributed by atoms with E-state index >= 15 is 0 Å². The Morgan fingerprint density at radius 2 is 1.30 bits per heavy atom. The van der Waals surface area contributed by atoms with E-state index < -0.39 is 18.4 Å². The summed E-state index contributed by atoms with van der Waals surface area (Å²) in [5, 5.41) is 9.23. The predicted octanol–water partition coefficient (Wildman–Crippen LogP) is 5.52. The van der Waals surface area contributed by atoms with Gasteiger partial charge in [0.2, 0.25) is 0 Å². The van der Waals surface area contributed by atoms with Crippen LogP contribution in [0, 0.1) is 0 Å². The Morgan fingerprint density at radius 1 is 0.783 bits per heavy atom. The van der Waals surface area contributed by atoms with Crippen LogP contribution in [-0.4, -0.2) is 33.4 Å². The molecule has 0 aliphatic rings. The van der Waals surface area contributed by atoms with Crippen molar-refractivity contribution in [1.82, 2.24) is 15.0 Å². The number of rotatable bonds is 14. The molecule has 0 bridgehead atoms. The number of aromatic nitrogens is 3. The Kier molecular flexibility index (Phi) is 11.2. The van der Waals surface area contributed by atoms with E-state index in [9.17, 15) is 0 Å². The van der Waals surface area contributed by atoms with Crippen LogP contribution in [0.4, 0.5) is 0 Å². The third-order valence-corrected chi connectivity index (χ3v) is 20.1. The van der Waals surface area contributed by atoms with Crippen molar-refractivity contribution in [1.29, 1.82) is 0 Å². The molecule has 0 aliphatic heterocycles. The molecular formula is C19H39N3Sn. The maximum absolute atomic E-state index is 4.73. The molecule has 1 aromatic heterocycles. The van der Waals surface area contributed by atoms with E-state index in [4.69, 9.17) is 5.10 Å². The first-order valence-electron chi connectivity index (χ1n) is 10.1.